The summed E-state index contributed by atoms with van der Waals surface area (Å²) in [5.74, 6) is 1.15. The highest BCUT2D eigenvalue weighted by Crippen LogP contribution is 2.12. The molecule has 3 heteroatoms. The van der Waals surface area contributed by atoms with Crippen molar-refractivity contribution in [2.45, 2.75) is 19.4 Å². The highest BCUT2D eigenvalue weighted by molar-refractivity contribution is 7.98. The summed E-state index contributed by atoms with van der Waals surface area (Å²) in [6.45, 7) is 2.79. The molecular weight excluding hydrogens is 204 g/mol. The van der Waals surface area contributed by atoms with Gasteiger partial charge in [-0.2, -0.15) is 11.8 Å². The predicted octanol–water partition coefficient (Wildman–Crippen LogP) is 2.49. The van der Waals surface area contributed by atoms with E-state index in [2.05, 4.69) is 42.8 Å². The first-order chi connectivity index (χ1) is 7.26. The van der Waals surface area contributed by atoms with Crippen LogP contribution in [-0.4, -0.2) is 24.6 Å². The van der Waals surface area contributed by atoms with E-state index in [0.29, 0.717) is 12.6 Å². The maximum absolute atomic E-state index is 5.73. The summed E-state index contributed by atoms with van der Waals surface area (Å²) in [6, 6.07) is 8.81. The Hall–Kier alpha value is -0.670. The molecule has 1 rings (SSSR count). The summed E-state index contributed by atoms with van der Waals surface area (Å²) in [7, 11) is 0. The third-order valence-corrected chi connectivity index (χ3v) is 2.99. The first-order valence-electron chi connectivity index (χ1n) is 5.28. The highest BCUT2D eigenvalue weighted by atomic mass is 32.2. The average Bonchev–Trinajstić information content (AvgIpc) is 2.24. The van der Waals surface area contributed by atoms with E-state index >= 15 is 0 Å². The molecule has 0 heterocycles. The van der Waals surface area contributed by atoms with Crippen LogP contribution in [0.2, 0.25) is 0 Å². The van der Waals surface area contributed by atoms with Gasteiger partial charge in [0.1, 0.15) is 0 Å². The van der Waals surface area contributed by atoms with E-state index in [1.54, 1.807) is 0 Å². The molecule has 1 unspecified atom stereocenters. The molecule has 0 saturated carbocycles. The van der Waals surface area contributed by atoms with Crippen molar-refractivity contribution in [1.29, 1.82) is 0 Å². The zero-order valence-electron chi connectivity index (χ0n) is 9.49. The van der Waals surface area contributed by atoms with E-state index in [1.165, 1.54) is 11.3 Å². The molecule has 0 bridgehead atoms. The first kappa shape index (κ1) is 12.4. The minimum absolute atomic E-state index is 0.388. The number of anilines is 1. The van der Waals surface area contributed by atoms with Crippen LogP contribution in [0.1, 0.15) is 12.0 Å². The first-order valence-corrected chi connectivity index (χ1v) is 6.68. The van der Waals surface area contributed by atoms with Crippen LogP contribution in [0.4, 0.5) is 5.69 Å². The Morgan fingerprint density at radius 1 is 1.47 bits per heavy atom. The summed E-state index contributed by atoms with van der Waals surface area (Å²) in [4.78, 5) is 0. The van der Waals surface area contributed by atoms with Gasteiger partial charge in [-0.1, -0.05) is 12.1 Å². The standard InChI is InChI=1S/C12H20N2S/c1-10-4-3-5-11(8-10)14-12(9-13)6-7-15-2/h3-5,8,12,14H,6-7,9,13H2,1-2H3. The number of rotatable bonds is 6. The lowest BCUT2D eigenvalue weighted by Crippen LogP contribution is -2.29. The van der Waals surface area contributed by atoms with Crippen molar-refractivity contribution in [3.05, 3.63) is 29.8 Å². The Kier molecular flexibility index (Phi) is 5.58. The fourth-order valence-corrected chi connectivity index (χ4v) is 2.00. The van der Waals surface area contributed by atoms with Gasteiger partial charge in [-0.3, -0.25) is 0 Å². The number of nitrogens with two attached hydrogens (primary N) is 1. The Morgan fingerprint density at radius 3 is 2.87 bits per heavy atom. The van der Waals surface area contributed by atoms with Crippen molar-refractivity contribution in [1.82, 2.24) is 0 Å². The Balaban J connectivity index is 2.50. The van der Waals surface area contributed by atoms with Crippen molar-refractivity contribution < 1.29 is 0 Å². The molecule has 0 radical (unpaired) electrons. The minimum atomic E-state index is 0.388. The highest BCUT2D eigenvalue weighted by Gasteiger charge is 2.05. The van der Waals surface area contributed by atoms with E-state index in [4.69, 9.17) is 5.73 Å². The molecular formula is C12H20N2S. The number of hydrogen-bond donors (Lipinski definition) is 2. The van der Waals surface area contributed by atoms with Crippen LogP contribution in [0.5, 0.6) is 0 Å². The fourth-order valence-electron chi connectivity index (χ4n) is 1.48. The molecule has 0 saturated heterocycles. The smallest absolute Gasteiger partial charge is 0.0391 e. The second kappa shape index (κ2) is 6.75. The molecule has 15 heavy (non-hydrogen) atoms. The molecule has 0 aliphatic carbocycles. The van der Waals surface area contributed by atoms with E-state index < -0.39 is 0 Å². The Labute approximate surface area is 96.6 Å². The Morgan fingerprint density at radius 2 is 2.27 bits per heavy atom. The molecule has 0 aliphatic heterocycles. The lowest BCUT2D eigenvalue weighted by Gasteiger charge is -2.17. The number of thioether (sulfide) groups is 1. The molecule has 84 valence electrons. The normalized spacial score (nSPS) is 12.5. The molecule has 0 fully saturated rings. The van der Waals surface area contributed by atoms with Crippen LogP contribution < -0.4 is 11.1 Å². The topological polar surface area (TPSA) is 38.0 Å². The number of aryl methyl sites for hydroxylation is 1. The van der Waals surface area contributed by atoms with Crippen LogP contribution in [0.15, 0.2) is 24.3 Å². The van der Waals surface area contributed by atoms with Gasteiger partial charge < -0.3 is 11.1 Å². The van der Waals surface area contributed by atoms with Crippen molar-refractivity contribution >= 4 is 17.4 Å². The molecule has 3 N–H and O–H groups in total. The average molecular weight is 224 g/mol. The van der Waals surface area contributed by atoms with Crippen molar-refractivity contribution in [2.75, 3.05) is 23.9 Å². The van der Waals surface area contributed by atoms with Gasteiger partial charge in [0.15, 0.2) is 0 Å². The molecule has 1 aromatic carbocycles. The third-order valence-electron chi connectivity index (χ3n) is 2.34. The molecule has 2 nitrogen and oxygen atoms in total. The lowest BCUT2D eigenvalue weighted by atomic mass is 10.2. The van der Waals surface area contributed by atoms with Gasteiger partial charge in [-0.25, -0.2) is 0 Å². The monoisotopic (exact) mass is 224 g/mol. The van der Waals surface area contributed by atoms with Gasteiger partial charge in [-0.15, -0.1) is 0 Å². The van der Waals surface area contributed by atoms with Crippen molar-refractivity contribution in [3.63, 3.8) is 0 Å². The molecule has 1 atom stereocenters. The maximum Gasteiger partial charge on any atom is 0.0391 e. The van der Waals surface area contributed by atoms with E-state index in [-0.39, 0.29) is 0 Å². The minimum Gasteiger partial charge on any atom is -0.381 e. The van der Waals surface area contributed by atoms with Crippen LogP contribution >= 0.6 is 11.8 Å². The molecule has 1 aromatic rings. The predicted molar refractivity (Wildman–Crippen MR) is 70.6 cm³/mol. The second-order valence-electron chi connectivity index (χ2n) is 3.73. The molecule has 0 amide bonds. The number of benzene rings is 1. The fraction of sp³-hybridized carbons (Fsp3) is 0.500. The van der Waals surface area contributed by atoms with Gasteiger partial charge >= 0.3 is 0 Å². The van der Waals surface area contributed by atoms with E-state index in [0.717, 1.165) is 12.2 Å². The van der Waals surface area contributed by atoms with Gasteiger partial charge in [0.25, 0.3) is 0 Å². The Bertz CT molecular complexity index is 289. The van der Waals surface area contributed by atoms with Crippen molar-refractivity contribution in [3.8, 4) is 0 Å². The molecule has 0 aliphatic rings. The summed E-state index contributed by atoms with van der Waals surface area (Å²) in [5, 5.41) is 3.47. The van der Waals surface area contributed by atoms with Crippen LogP contribution in [0.3, 0.4) is 0 Å². The van der Waals surface area contributed by atoms with Crippen LogP contribution in [0, 0.1) is 6.92 Å². The third kappa shape index (κ3) is 4.58. The van der Waals surface area contributed by atoms with Crippen LogP contribution in [-0.2, 0) is 0 Å². The molecule has 0 aromatic heterocycles. The van der Waals surface area contributed by atoms with Crippen molar-refractivity contribution in [2.24, 2.45) is 5.73 Å². The quantitative estimate of drug-likeness (QED) is 0.779. The lowest BCUT2D eigenvalue weighted by molar-refractivity contribution is 0.710. The van der Waals surface area contributed by atoms with Gasteiger partial charge in [0, 0.05) is 18.3 Å². The summed E-state index contributed by atoms with van der Waals surface area (Å²) in [6.07, 6.45) is 3.24. The summed E-state index contributed by atoms with van der Waals surface area (Å²) in [5.41, 5.74) is 8.18. The van der Waals surface area contributed by atoms with Gasteiger partial charge in [0.05, 0.1) is 0 Å². The SMILES string of the molecule is CSCCC(CN)Nc1cccc(C)c1. The van der Waals surface area contributed by atoms with E-state index in [9.17, 15) is 0 Å². The zero-order chi connectivity index (χ0) is 11.1. The number of nitrogens with one attached hydrogen (secondary N) is 1. The largest absolute Gasteiger partial charge is 0.381 e. The zero-order valence-corrected chi connectivity index (χ0v) is 10.3. The summed E-state index contributed by atoms with van der Waals surface area (Å²) < 4.78 is 0. The van der Waals surface area contributed by atoms with Gasteiger partial charge in [0.2, 0.25) is 0 Å². The summed E-state index contributed by atoms with van der Waals surface area (Å²) >= 11 is 1.86. The number of hydrogen-bond acceptors (Lipinski definition) is 3. The maximum atomic E-state index is 5.73. The van der Waals surface area contributed by atoms with Crippen LogP contribution in [0.25, 0.3) is 0 Å². The van der Waals surface area contributed by atoms with E-state index in [1.807, 2.05) is 11.8 Å². The molecule has 0 spiro atoms. The van der Waals surface area contributed by atoms with Gasteiger partial charge in [-0.05, 0) is 43.0 Å². The second-order valence-corrected chi connectivity index (χ2v) is 4.71.